The minimum absolute atomic E-state index is 0.0379. The van der Waals surface area contributed by atoms with E-state index in [2.05, 4.69) is 5.32 Å². The third-order valence-electron chi connectivity index (χ3n) is 3.87. The van der Waals surface area contributed by atoms with Crippen LogP contribution in [0.25, 0.3) is 0 Å². The van der Waals surface area contributed by atoms with Gasteiger partial charge in [0.1, 0.15) is 6.61 Å². The van der Waals surface area contributed by atoms with E-state index in [4.69, 9.17) is 4.74 Å². The van der Waals surface area contributed by atoms with Crippen LogP contribution in [0.1, 0.15) is 31.2 Å². The molecule has 7 heteroatoms. The molecule has 2 rings (SSSR count). The molecule has 0 saturated heterocycles. The van der Waals surface area contributed by atoms with Crippen LogP contribution in [0.3, 0.4) is 0 Å². The van der Waals surface area contributed by atoms with Gasteiger partial charge >= 0.3 is 12.3 Å². The highest BCUT2D eigenvalue weighted by molar-refractivity contribution is 5.67. The Morgan fingerprint density at radius 1 is 1.32 bits per heavy atom. The fourth-order valence-electron chi connectivity index (χ4n) is 2.59. The van der Waals surface area contributed by atoms with Crippen LogP contribution in [0.2, 0.25) is 0 Å². The fraction of sp³-hybridized carbons (Fsp3) is 0.533. The Morgan fingerprint density at radius 3 is 2.64 bits per heavy atom. The Kier molecular flexibility index (Phi) is 4.95. The SMILES string of the molecule is O=C(NC1CCCCC1(O)C(F)(F)F)OCc1ccccc1. The van der Waals surface area contributed by atoms with Gasteiger partial charge in [-0.25, -0.2) is 4.79 Å². The summed E-state index contributed by atoms with van der Waals surface area (Å²) in [5, 5.41) is 12.1. The van der Waals surface area contributed by atoms with Crippen LogP contribution in [0.15, 0.2) is 30.3 Å². The average Bonchev–Trinajstić information content (AvgIpc) is 2.47. The second-order valence-corrected chi connectivity index (χ2v) is 5.43. The molecule has 1 aromatic rings. The molecule has 0 heterocycles. The van der Waals surface area contributed by atoms with E-state index < -0.39 is 30.3 Å². The van der Waals surface area contributed by atoms with E-state index in [-0.39, 0.29) is 19.4 Å². The monoisotopic (exact) mass is 317 g/mol. The van der Waals surface area contributed by atoms with Crippen LogP contribution < -0.4 is 5.32 Å². The second kappa shape index (κ2) is 6.56. The van der Waals surface area contributed by atoms with Crippen LogP contribution in [-0.2, 0) is 11.3 Å². The first-order valence-corrected chi connectivity index (χ1v) is 7.09. The summed E-state index contributed by atoms with van der Waals surface area (Å²) in [7, 11) is 0. The summed E-state index contributed by atoms with van der Waals surface area (Å²) in [5.41, 5.74) is -2.16. The summed E-state index contributed by atoms with van der Waals surface area (Å²) in [5.74, 6) is 0. The maximum atomic E-state index is 13.0. The van der Waals surface area contributed by atoms with Gasteiger partial charge in [-0.3, -0.25) is 0 Å². The van der Waals surface area contributed by atoms with E-state index in [1.54, 1.807) is 30.3 Å². The van der Waals surface area contributed by atoms with Crippen molar-refractivity contribution < 1.29 is 27.8 Å². The van der Waals surface area contributed by atoms with E-state index in [1.807, 2.05) is 0 Å². The first-order chi connectivity index (χ1) is 10.3. The van der Waals surface area contributed by atoms with E-state index in [1.165, 1.54) is 0 Å². The molecule has 2 atom stereocenters. The minimum Gasteiger partial charge on any atom is -0.445 e. The van der Waals surface area contributed by atoms with Gasteiger partial charge in [-0.15, -0.1) is 0 Å². The van der Waals surface area contributed by atoms with Gasteiger partial charge in [-0.1, -0.05) is 43.2 Å². The molecular formula is C15H18F3NO3. The molecule has 1 fully saturated rings. The number of nitrogens with one attached hydrogen (secondary N) is 1. The average molecular weight is 317 g/mol. The zero-order valence-electron chi connectivity index (χ0n) is 11.9. The van der Waals surface area contributed by atoms with Gasteiger partial charge in [0.25, 0.3) is 0 Å². The Bertz CT molecular complexity index is 507. The fourth-order valence-corrected chi connectivity index (χ4v) is 2.59. The molecule has 0 bridgehead atoms. The predicted octanol–water partition coefficient (Wildman–Crippen LogP) is 3.15. The molecule has 1 saturated carbocycles. The van der Waals surface area contributed by atoms with Crippen LogP contribution in [0, 0.1) is 0 Å². The molecule has 4 nitrogen and oxygen atoms in total. The molecule has 0 radical (unpaired) electrons. The number of hydrogen-bond donors (Lipinski definition) is 2. The molecule has 22 heavy (non-hydrogen) atoms. The van der Waals surface area contributed by atoms with Crippen molar-refractivity contribution in [3.63, 3.8) is 0 Å². The molecule has 1 aliphatic rings. The molecular weight excluding hydrogens is 299 g/mol. The van der Waals surface area contributed by atoms with Crippen molar-refractivity contribution >= 4 is 6.09 Å². The van der Waals surface area contributed by atoms with Crippen LogP contribution in [-0.4, -0.2) is 29.0 Å². The van der Waals surface area contributed by atoms with Gasteiger partial charge in [0.2, 0.25) is 0 Å². The lowest BCUT2D eigenvalue weighted by Crippen LogP contribution is -2.62. The third-order valence-corrected chi connectivity index (χ3v) is 3.87. The quantitative estimate of drug-likeness (QED) is 0.900. The molecule has 0 spiro atoms. The Hall–Kier alpha value is -1.76. The summed E-state index contributed by atoms with van der Waals surface area (Å²) in [6.45, 7) is -0.0379. The highest BCUT2D eigenvalue weighted by Gasteiger charge is 2.59. The summed E-state index contributed by atoms with van der Waals surface area (Å²) in [6.07, 6.45) is -5.31. The summed E-state index contributed by atoms with van der Waals surface area (Å²) < 4.78 is 44.0. The Labute approximate surface area is 126 Å². The smallest absolute Gasteiger partial charge is 0.419 e. The van der Waals surface area contributed by atoms with Gasteiger partial charge in [-0.2, -0.15) is 13.2 Å². The molecule has 1 aliphatic carbocycles. The van der Waals surface area contributed by atoms with Crippen LogP contribution >= 0.6 is 0 Å². The van der Waals surface area contributed by atoms with Crippen molar-refractivity contribution in [2.24, 2.45) is 0 Å². The van der Waals surface area contributed by atoms with Crippen molar-refractivity contribution in [2.75, 3.05) is 0 Å². The lowest BCUT2D eigenvalue weighted by Gasteiger charge is -2.40. The largest absolute Gasteiger partial charge is 0.445 e. The van der Waals surface area contributed by atoms with E-state index in [9.17, 15) is 23.1 Å². The molecule has 0 aromatic heterocycles. The molecule has 1 amide bonds. The van der Waals surface area contributed by atoms with Gasteiger partial charge in [0, 0.05) is 0 Å². The van der Waals surface area contributed by atoms with Gasteiger partial charge in [-0.05, 0) is 18.4 Å². The van der Waals surface area contributed by atoms with Crippen molar-refractivity contribution in [3.05, 3.63) is 35.9 Å². The highest BCUT2D eigenvalue weighted by atomic mass is 19.4. The number of carbonyl (C=O) groups excluding carboxylic acids is 1. The molecule has 122 valence electrons. The first-order valence-electron chi connectivity index (χ1n) is 7.09. The number of ether oxygens (including phenoxy) is 1. The maximum Gasteiger partial charge on any atom is 0.419 e. The number of rotatable bonds is 3. The first kappa shape index (κ1) is 16.6. The third kappa shape index (κ3) is 3.71. The topological polar surface area (TPSA) is 58.6 Å². The summed E-state index contributed by atoms with van der Waals surface area (Å²) >= 11 is 0. The van der Waals surface area contributed by atoms with Gasteiger partial charge < -0.3 is 15.2 Å². The Morgan fingerprint density at radius 2 is 2.00 bits per heavy atom. The maximum absolute atomic E-state index is 13.0. The minimum atomic E-state index is -4.79. The number of amides is 1. The Balaban J connectivity index is 1.94. The zero-order chi connectivity index (χ0) is 16.2. The number of aliphatic hydroxyl groups is 1. The van der Waals surface area contributed by atoms with Crippen LogP contribution in [0.5, 0.6) is 0 Å². The summed E-state index contributed by atoms with van der Waals surface area (Å²) in [6, 6.07) is 7.42. The number of halogens is 3. The lowest BCUT2D eigenvalue weighted by atomic mass is 9.80. The van der Waals surface area contributed by atoms with Crippen molar-refractivity contribution in [2.45, 2.75) is 50.1 Å². The normalized spacial score (nSPS) is 25.5. The molecule has 0 aliphatic heterocycles. The molecule has 2 N–H and O–H groups in total. The number of alkyl halides is 3. The van der Waals surface area contributed by atoms with Crippen molar-refractivity contribution in [1.82, 2.24) is 5.32 Å². The number of carbonyl (C=O) groups is 1. The van der Waals surface area contributed by atoms with Crippen molar-refractivity contribution in [3.8, 4) is 0 Å². The number of hydrogen-bond acceptors (Lipinski definition) is 3. The lowest BCUT2D eigenvalue weighted by molar-refractivity contribution is -0.277. The summed E-state index contributed by atoms with van der Waals surface area (Å²) in [4.78, 5) is 11.7. The van der Waals surface area contributed by atoms with E-state index >= 15 is 0 Å². The van der Waals surface area contributed by atoms with E-state index in [0.717, 1.165) is 5.56 Å². The van der Waals surface area contributed by atoms with Crippen LogP contribution in [0.4, 0.5) is 18.0 Å². The van der Waals surface area contributed by atoms with Crippen molar-refractivity contribution in [1.29, 1.82) is 0 Å². The number of alkyl carbamates (subject to hydrolysis) is 1. The van der Waals surface area contributed by atoms with Gasteiger partial charge in [0.05, 0.1) is 6.04 Å². The standard InChI is InChI=1S/C15H18F3NO3/c16-15(17,18)14(21)9-5-4-8-12(14)19-13(20)22-10-11-6-2-1-3-7-11/h1-3,6-7,12,21H,4-5,8-10H2,(H,19,20). The van der Waals surface area contributed by atoms with Gasteiger partial charge in [0.15, 0.2) is 5.60 Å². The number of benzene rings is 1. The zero-order valence-corrected chi connectivity index (χ0v) is 11.9. The van der Waals surface area contributed by atoms with E-state index in [0.29, 0.717) is 6.42 Å². The predicted molar refractivity (Wildman–Crippen MR) is 73.0 cm³/mol. The highest BCUT2D eigenvalue weighted by Crippen LogP contribution is 2.41. The molecule has 2 unspecified atom stereocenters. The second-order valence-electron chi connectivity index (χ2n) is 5.43. The molecule has 1 aromatic carbocycles.